The van der Waals surface area contributed by atoms with Crippen LogP contribution in [-0.2, 0) is 4.74 Å². The third kappa shape index (κ3) is 3.66. The zero-order valence-electron chi connectivity index (χ0n) is 16.1. The Morgan fingerprint density at radius 1 is 1.21 bits per heavy atom. The third-order valence-electron chi connectivity index (χ3n) is 5.09. The SMILES string of the molecule is C[C@@H]1COCCN1c1nc(-c2ccc(NC(=O)NC3=CC3)cc2)nn2cccc12. The second-order valence-electron chi connectivity index (χ2n) is 7.30. The molecule has 0 saturated carbocycles. The molecule has 148 valence electrons. The lowest BCUT2D eigenvalue weighted by Gasteiger charge is -2.34. The van der Waals surface area contributed by atoms with E-state index in [1.54, 1.807) is 0 Å². The molecule has 1 saturated heterocycles. The van der Waals surface area contributed by atoms with Gasteiger partial charge in [0.15, 0.2) is 11.6 Å². The molecule has 0 unspecified atom stereocenters. The van der Waals surface area contributed by atoms with Gasteiger partial charge in [-0.2, -0.15) is 0 Å². The first-order valence-corrected chi connectivity index (χ1v) is 9.74. The molecule has 2 N–H and O–H groups in total. The van der Waals surface area contributed by atoms with Crippen molar-refractivity contribution in [3.05, 3.63) is 54.4 Å². The van der Waals surface area contributed by atoms with E-state index in [2.05, 4.69) is 27.6 Å². The Balaban J connectivity index is 1.43. The number of carbonyl (C=O) groups is 1. The van der Waals surface area contributed by atoms with E-state index in [-0.39, 0.29) is 12.1 Å². The lowest BCUT2D eigenvalue weighted by atomic mass is 10.2. The maximum absolute atomic E-state index is 11.9. The third-order valence-corrected chi connectivity index (χ3v) is 5.09. The van der Waals surface area contributed by atoms with Gasteiger partial charge in [0.05, 0.1) is 19.3 Å². The summed E-state index contributed by atoms with van der Waals surface area (Å²) in [7, 11) is 0. The summed E-state index contributed by atoms with van der Waals surface area (Å²) < 4.78 is 7.44. The highest BCUT2D eigenvalue weighted by Crippen LogP contribution is 2.27. The van der Waals surface area contributed by atoms with Gasteiger partial charge < -0.3 is 20.3 Å². The molecular formula is C21H22N6O2. The predicted octanol–water partition coefficient (Wildman–Crippen LogP) is 3.03. The fraction of sp³-hybridized carbons (Fsp3) is 0.286. The van der Waals surface area contributed by atoms with Crippen LogP contribution >= 0.6 is 0 Å². The van der Waals surface area contributed by atoms with Crippen molar-refractivity contribution in [1.29, 1.82) is 0 Å². The second kappa shape index (κ2) is 7.21. The van der Waals surface area contributed by atoms with E-state index in [1.807, 2.05) is 53.2 Å². The van der Waals surface area contributed by atoms with Gasteiger partial charge in [-0.25, -0.2) is 14.3 Å². The molecule has 2 amide bonds. The van der Waals surface area contributed by atoms with Gasteiger partial charge in [0, 0.05) is 36.1 Å². The molecule has 29 heavy (non-hydrogen) atoms. The van der Waals surface area contributed by atoms with Gasteiger partial charge in [-0.05, 0) is 43.3 Å². The number of morpholine rings is 1. The van der Waals surface area contributed by atoms with Gasteiger partial charge in [-0.3, -0.25) is 0 Å². The minimum Gasteiger partial charge on any atom is -0.377 e. The highest BCUT2D eigenvalue weighted by molar-refractivity contribution is 5.91. The molecule has 1 atom stereocenters. The fourth-order valence-corrected chi connectivity index (χ4v) is 3.46. The summed E-state index contributed by atoms with van der Waals surface area (Å²) in [6.45, 7) is 4.32. The van der Waals surface area contributed by atoms with E-state index >= 15 is 0 Å². The number of hydrogen-bond donors (Lipinski definition) is 2. The van der Waals surface area contributed by atoms with Gasteiger partial charge >= 0.3 is 6.03 Å². The predicted molar refractivity (Wildman–Crippen MR) is 111 cm³/mol. The molecular weight excluding hydrogens is 368 g/mol. The van der Waals surface area contributed by atoms with Crippen LogP contribution in [0.3, 0.4) is 0 Å². The smallest absolute Gasteiger partial charge is 0.323 e. The van der Waals surface area contributed by atoms with E-state index in [1.165, 1.54) is 0 Å². The maximum Gasteiger partial charge on any atom is 0.323 e. The largest absolute Gasteiger partial charge is 0.377 e. The Labute approximate surface area is 168 Å². The molecule has 8 heteroatoms. The molecule has 0 radical (unpaired) electrons. The van der Waals surface area contributed by atoms with Crippen molar-refractivity contribution in [2.24, 2.45) is 0 Å². The Kier molecular flexibility index (Phi) is 4.40. The number of nitrogens with zero attached hydrogens (tertiary/aromatic N) is 4. The highest BCUT2D eigenvalue weighted by atomic mass is 16.5. The van der Waals surface area contributed by atoms with Crippen LogP contribution in [0.15, 0.2) is 54.4 Å². The average molecular weight is 390 g/mol. The number of amides is 2. The normalized spacial score (nSPS) is 18.4. The topological polar surface area (TPSA) is 83.8 Å². The quantitative estimate of drug-likeness (QED) is 0.715. The second-order valence-corrected chi connectivity index (χ2v) is 7.30. The number of rotatable bonds is 4. The fourth-order valence-electron chi connectivity index (χ4n) is 3.46. The van der Waals surface area contributed by atoms with Crippen LogP contribution < -0.4 is 15.5 Å². The molecule has 3 heterocycles. The summed E-state index contributed by atoms with van der Waals surface area (Å²) in [6, 6.07) is 11.6. The molecule has 0 bridgehead atoms. The number of carbonyl (C=O) groups excluding carboxylic acids is 1. The van der Waals surface area contributed by atoms with E-state index < -0.39 is 0 Å². The van der Waals surface area contributed by atoms with Crippen LogP contribution in [0, 0.1) is 0 Å². The van der Waals surface area contributed by atoms with E-state index in [0.29, 0.717) is 19.0 Å². The van der Waals surface area contributed by atoms with Crippen molar-refractivity contribution in [3.8, 4) is 11.4 Å². The summed E-state index contributed by atoms with van der Waals surface area (Å²) in [5.74, 6) is 1.55. The van der Waals surface area contributed by atoms with Crippen LogP contribution in [0.5, 0.6) is 0 Å². The van der Waals surface area contributed by atoms with Gasteiger partial charge in [0.1, 0.15) is 5.52 Å². The molecule has 2 aliphatic rings. The summed E-state index contributed by atoms with van der Waals surface area (Å²) in [5.41, 5.74) is 3.54. The monoisotopic (exact) mass is 390 g/mol. The first-order chi connectivity index (χ1) is 14.2. The van der Waals surface area contributed by atoms with E-state index in [4.69, 9.17) is 9.72 Å². The number of nitrogens with one attached hydrogen (secondary N) is 2. The number of fused-ring (bicyclic) bond motifs is 1. The zero-order chi connectivity index (χ0) is 19.8. The van der Waals surface area contributed by atoms with Crippen molar-refractivity contribution < 1.29 is 9.53 Å². The Bertz CT molecular complexity index is 1090. The average Bonchev–Trinajstić information content (AvgIpc) is 3.40. The molecule has 5 rings (SSSR count). The standard InChI is InChI=1S/C21H22N6O2/c1-14-13-29-12-11-26(14)20-18-3-2-10-27(18)25-19(24-20)15-4-6-16(7-5-15)22-21(28)23-17-8-9-17/h2-8,10,14H,9,11-13H2,1H3,(H2,22,23,28)/t14-/m1/s1. The number of anilines is 2. The Morgan fingerprint density at radius 3 is 2.79 bits per heavy atom. The first kappa shape index (κ1) is 17.7. The van der Waals surface area contributed by atoms with Gasteiger partial charge in [0.2, 0.25) is 0 Å². The Hall–Kier alpha value is -3.39. The van der Waals surface area contributed by atoms with Gasteiger partial charge in [0.25, 0.3) is 0 Å². The molecule has 1 aliphatic heterocycles. The van der Waals surface area contributed by atoms with Crippen LogP contribution in [0.2, 0.25) is 0 Å². The van der Waals surface area contributed by atoms with Crippen LogP contribution in [-0.4, -0.2) is 46.4 Å². The van der Waals surface area contributed by atoms with Gasteiger partial charge in [-0.15, -0.1) is 5.10 Å². The van der Waals surface area contributed by atoms with E-state index in [9.17, 15) is 4.79 Å². The molecule has 1 fully saturated rings. The molecule has 8 nitrogen and oxygen atoms in total. The molecule has 1 aliphatic carbocycles. The zero-order valence-corrected chi connectivity index (χ0v) is 16.1. The van der Waals surface area contributed by atoms with Gasteiger partial charge in [-0.1, -0.05) is 6.08 Å². The molecule has 0 spiro atoms. The highest BCUT2D eigenvalue weighted by Gasteiger charge is 2.23. The van der Waals surface area contributed by atoms with Crippen molar-refractivity contribution in [3.63, 3.8) is 0 Å². The van der Waals surface area contributed by atoms with Crippen molar-refractivity contribution in [2.45, 2.75) is 19.4 Å². The van der Waals surface area contributed by atoms with Crippen molar-refractivity contribution in [1.82, 2.24) is 19.9 Å². The molecule has 3 aromatic rings. The molecule has 1 aromatic carbocycles. The molecule has 2 aromatic heterocycles. The minimum atomic E-state index is -0.227. The number of allylic oxidation sites excluding steroid dienone is 2. The first-order valence-electron chi connectivity index (χ1n) is 9.74. The van der Waals surface area contributed by atoms with Crippen molar-refractivity contribution in [2.75, 3.05) is 30.0 Å². The summed E-state index contributed by atoms with van der Waals surface area (Å²) in [4.78, 5) is 19.0. The van der Waals surface area contributed by atoms with Crippen molar-refractivity contribution >= 4 is 23.1 Å². The van der Waals surface area contributed by atoms with E-state index in [0.717, 1.165) is 41.2 Å². The number of hydrogen-bond acceptors (Lipinski definition) is 5. The summed E-state index contributed by atoms with van der Waals surface area (Å²) in [6.07, 6.45) is 4.75. The van der Waals surface area contributed by atoms with Crippen LogP contribution in [0.25, 0.3) is 16.9 Å². The summed E-state index contributed by atoms with van der Waals surface area (Å²) in [5, 5.41) is 10.3. The Morgan fingerprint density at radius 2 is 2.03 bits per heavy atom. The lowest BCUT2D eigenvalue weighted by Crippen LogP contribution is -2.44. The maximum atomic E-state index is 11.9. The lowest BCUT2D eigenvalue weighted by molar-refractivity contribution is 0.0986. The number of aromatic nitrogens is 3. The van der Waals surface area contributed by atoms with Crippen LogP contribution in [0.4, 0.5) is 16.3 Å². The number of urea groups is 1. The number of benzene rings is 1. The van der Waals surface area contributed by atoms with Crippen LogP contribution in [0.1, 0.15) is 13.3 Å². The summed E-state index contributed by atoms with van der Waals surface area (Å²) >= 11 is 0. The number of ether oxygens (including phenoxy) is 1. The minimum absolute atomic E-state index is 0.227.